The number of ether oxygens (including phenoxy) is 2. The first-order chi connectivity index (χ1) is 16.9. The number of esters is 1. The van der Waals surface area contributed by atoms with Crippen LogP contribution in [0, 0.1) is 0 Å². The standard InChI is InChI=1S/C25H42ClN3O6/c1-2-3-4-5-6-7-8-9-10-11-12-13-14-15-20(31)35-22-19(17-30)34-24(21(22)32)29-16-18(26)23(27)28-25(29)33/h16,19,21-22,24,30,32H,2-15,17H2,1H3,(H2,27,28,33)/t19-,21+,22-,24-/m1/s1. The highest BCUT2D eigenvalue weighted by Crippen LogP contribution is 2.31. The number of hydrogen-bond donors (Lipinski definition) is 3. The Labute approximate surface area is 213 Å². The molecule has 35 heavy (non-hydrogen) atoms. The maximum Gasteiger partial charge on any atom is 0.351 e. The molecule has 4 N–H and O–H groups in total. The summed E-state index contributed by atoms with van der Waals surface area (Å²) in [6, 6.07) is 0. The van der Waals surface area contributed by atoms with Gasteiger partial charge in [0, 0.05) is 12.6 Å². The monoisotopic (exact) mass is 515 g/mol. The second-order valence-electron chi connectivity index (χ2n) is 9.35. The summed E-state index contributed by atoms with van der Waals surface area (Å²) >= 11 is 5.93. The van der Waals surface area contributed by atoms with Gasteiger partial charge in [-0.2, -0.15) is 4.98 Å². The van der Waals surface area contributed by atoms with Gasteiger partial charge in [-0.15, -0.1) is 0 Å². The van der Waals surface area contributed by atoms with Gasteiger partial charge in [0.1, 0.15) is 18.0 Å². The maximum absolute atomic E-state index is 12.3. The molecule has 0 saturated carbocycles. The van der Waals surface area contributed by atoms with Crippen molar-refractivity contribution in [2.45, 2.75) is 121 Å². The predicted octanol–water partition coefficient (Wildman–Crippen LogP) is 4.12. The fraction of sp³-hybridized carbons (Fsp3) is 0.800. The number of carbonyl (C=O) groups is 1. The molecule has 1 aromatic heterocycles. The van der Waals surface area contributed by atoms with Gasteiger partial charge in [-0.3, -0.25) is 9.36 Å². The highest BCUT2D eigenvalue weighted by atomic mass is 35.5. The predicted molar refractivity (Wildman–Crippen MR) is 135 cm³/mol. The van der Waals surface area contributed by atoms with Crippen molar-refractivity contribution in [3.63, 3.8) is 0 Å². The zero-order valence-corrected chi connectivity index (χ0v) is 21.6. The van der Waals surface area contributed by atoms with Crippen molar-refractivity contribution in [2.75, 3.05) is 12.3 Å². The van der Waals surface area contributed by atoms with Crippen LogP contribution in [0.15, 0.2) is 11.0 Å². The largest absolute Gasteiger partial charge is 0.457 e. The van der Waals surface area contributed by atoms with Crippen molar-refractivity contribution in [1.82, 2.24) is 9.55 Å². The van der Waals surface area contributed by atoms with E-state index in [9.17, 15) is 19.8 Å². The molecule has 1 aliphatic heterocycles. The Hall–Kier alpha value is -1.68. The number of aliphatic hydroxyl groups excluding tert-OH is 2. The zero-order valence-electron chi connectivity index (χ0n) is 20.9. The van der Waals surface area contributed by atoms with Crippen LogP contribution in [0.4, 0.5) is 5.82 Å². The van der Waals surface area contributed by atoms with Gasteiger partial charge in [0.05, 0.1) is 11.6 Å². The van der Waals surface area contributed by atoms with E-state index in [4.69, 9.17) is 26.8 Å². The molecular weight excluding hydrogens is 474 g/mol. The molecule has 4 atom stereocenters. The third-order valence-electron chi connectivity index (χ3n) is 6.45. The van der Waals surface area contributed by atoms with Crippen LogP contribution in [0.5, 0.6) is 0 Å². The summed E-state index contributed by atoms with van der Waals surface area (Å²) < 4.78 is 12.0. The number of aromatic nitrogens is 2. The summed E-state index contributed by atoms with van der Waals surface area (Å²) in [7, 11) is 0. The van der Waals surface area contributed by atoms with E-state index in [1.54, 1.807) is 0 Å². The summed E-state index contributed by atoms with van der Waals surface area (Å²) in [6.45, 7) is 1.75. The number of anilines is 1. The van der Waals surface area contributed by atoms with E-state index in [1.807, 2.05) is 0 Å². The molecule has 200 valence electrons. The fourth-order valence-electron chi connectivity index (χ4n) is 4.38. The van der Waals surface area contributed by atoms with E-state index in [0.717, 1.165) is 17.4 Å². The molecule has 1 fully saturated rings. The van der Waals surface area contributed by atoms with Gasteiger partial charge >= 0.3 is 11.7 Å². The quantitative estimate of drug-likeness (QED) is 0.208. The average molecular weight is 516 g/mol. The minimum Gasteiger partial charge on any atom is -0.457 e. The molecule has 0 aliphatic carbocycles. The topological polar surface area (TPSA) is 137 Å². The van der Waals surface area contributed by atoms with Crippen LogP contribution in [-0.4, -0.2) is 50.7 Å². The van der Waals surface area contributed by atoms with Crippen LogP contribution >= 0.6 is 11.6 Å². The van der Waals surface area contributed by atoms with Crippen molar-refractivity contribution < 1.29 is 24.5 Å². The molecule has 0 spiro atoms. The number of aliphatic hydroxyl groups is 2. The first kappa shape index (κ1) is 29.5. The van der Waals surface area contributed by atoms with Gasteiger partial charge in [0.2, 0.25) is 0 Å². The van der Waals surface area contributed by atoms with E-state index in [-0.39, 0.29) is 17.3 Å². The number of halogens is 1. The van der Waals surface area contributed by atoms with Crippen LogP contribution in [0.1, 0.15) is 103 Å². The Balaban J connectivity index is 1.64. The van der Waals surface area contributed by atoms with Crippen LogP contribution in [0.3, 0.4) is 0 Å². The van der Waals surface area contributed by atoms with E-state index >= 15 is 0 Å². The van der Waals surface area contributed by atoms with E-state index in [2.05, 4.69) is 11.9 Å². The van der Waals surface area contributed by atoms with Gasteiger partial charge in [-0.25, -0.2) is 4.79 Å². The Kier molecular flexibility index (Phi) is 13.6. The Morgan fingerprint density at radius 3 is 2.17 bits per heavy atom. The number of unbranched alkanes of at least 4 members (excludes halogenated alkanes) is 12. The summed E-state index contributed by atoms with van der Waals surface area (Å²) in [6.07, 6.45) is 12.5. The third kappa shape index (κ3) is 9.71. The van der Waals surface area contributed by atoms with Crippen molar-refractivity contribution in [3.05, 3.63) is 21.7 Å². The molecule has 0 radical (unpaired) electrons. The summed E-state index contributed by atoms with van der Waals surface area (Å²) in [5, 5.41) is 20.3. The lowest BCUT2D eigenvalue weighted by Crippen LogP contribution is -2.39. The van der Waals surface area contributed by atoms with E-state index in [0.29, 0.717) is 6.42 Å². The normalized spacial score (nSPS) is 21.9. The lowest BCUT2D eigenvalue weighted by molar-refractivity contribution is -0.156. The average Bonchev–Trinajstić information content (AvgIpc) is 3.14. The van der Waals surface area contributed by atoms with E-state index < -0.39 is 42.8 Å². The maximum atomic E-state index is 12.3. The van der Waals surface area contributed by atoms with Crippen molar-refractivity contribution in [3.8, 4) is 0 Å². The second-order valence-corrected chi connectivity index (χ2v) is 9.76. The lowest BCUT2D eigenvalue weighted by Gasteiger charge is -2.20. The van der Waals surface area contributed by atoms with Gasteiger partial charge in [0.15, 0.2) is 12.3 Å². The first-order valence-electron chi connectivity index (χ1n) is 13.1. The molecule has 2 rings (SSSR count). The van der Waals surface area contributed by atoms with Crippen LogP contribution in [-0.2, 0) is 14.3 Å². The van der Waals surface area contributed by atoms with Crippen molar-refractivity contribution in [2.24, 2.45) is 0 Å². The highest BCUT2D eigenvalue weighted by Gasteiger charge is 2.47. The number of carbonyl (C=O) groups excluding carboxylic acids is 1. The molecular formula is C25H42ClN3O6. The first-order valence-corrected chi connectivity index (χ1v) is 13.4. The SMILES string of the molecule is CCCCCCCCCCCCCCCC(=O)O[C@H]1[C@H](O)[C@H](n2cc(Cl)c(N)nc2=O)O[C@@H]1CO. The molecule has 1 saturated heterocycles. The van der Waals surface area contributed by atoms with Crippen LogP contribution in [0.2, 0.25) is 5.02 Å². The van der Waals surface area contributed by atoms with Gasteiger partial charge in [0.25, 0.3) is 0 Å². The van der Waals surface area contributed by atoms with Gasteiger partial charge < -0.3 is 25.4 Å². The second kappa shape index (κ2) is 16.1. The molecule has 9 nitrogen and oxygen atoms in total. The summed E-state index contributed by atoms with van der Waals surface area (Å²) in [5.41, 5.74) is 4.75. The van der Waals surface area contributed by atoms with Gasteiger partial charge in [-0.05, 0) is 6.42 Å². The molecule has 2 heterocycles. The highest BCUT2D eigenvalue weighted by molar-refractivity contribution is 6.32. The minimum absolute atomic E-state index is 0.0174. The Morgan fingerprint density at radius 1 is 1.09 bits per heavy atom. The third-order valence-corrected chi connectivity index (χ3v) is 6.74. The fourth-order valence-corrected chi connectivity index (χ4v) is 4.53. The number of nitrogen functional groups attached to an aromatic ring is 1. The van der Waals surface area contributed by atoms with Crippen molar-refractivity contribution >= 4 is 23.4 Å². The number of nitrogens with zero attached hydrogens (tertiary/aromatic N) is 2. The number of hydrogen-bond acceptors (Lipinski definition) is 8. The minimum atomic E-state index is -1.37. The Morgan fingerprint density at radius 2 is 1.63 bits per heavy atom. The summed E-state index contributed by atoms with van der Waals surface area (Å²) in [5.74, 6) is -0.611. The van der Waals surface area contributed by atoms with Crippen LogP contribution < -0.4 is 11.4 Å². The van der Waals surface area contributed by atoms with Crippen LogP contribution in [0.25, 0.3) is 0 Å². The number of nitrogens with two attached hydrogens (primary N) is 1. The number of rotatable bonds is 17. The Bertz CT molecular complexity index is 821. The molecule has 0 aromatic carbocycles. The summed E-state index contributed by atoms with van der Waals surface area (Å²) in [4.78, 5) is 28.1. The van der Waals surface area contributed by atoms with E-state index in [1.165, 1.54) is 70.4 Å². The molecule has 0 unspecified atom stereocenters. The molecule has 1 aliphatic rings. The molecule has 0 bridgehead atoms. The smallest absolute Gasteiger partial charge is 0.351 e. The molecule has 1 aromatic rings. The van der Waals surface area contributed by atoms with Crippen molar-refractivity contribution in [1.29, 1.82) is 0 Å². The van der Waals surface area contributed by atoms with Gasteiger partial charge in [-0.1, -0.05) is 95.6 Å². The lowest BCUT2D eigenvalue weighted by atomic mass is 10.0. The molecule has 10 heteroatoms. The zero-order chi connectivity index (χ0) is 25.6. The molecule has 0 amide bonds.